The molecule has 0 nitrogen and oxygen atoms in total. The van der Waals surface area contributed by atoms with Crippen molar-refractivity contribution in [1.82, 2.24) is 0 Å². The van der Waals surface area contributed by atoms with Crippen molar-refractivity contribution >= 4 is 35.8 Å². The van der Waals surface area contributed by atoms with Gasteiger partial charge in [-0.25, -0.2) is 0 Å². The first-order valence-electron chi connectivity index (χ1n) is 1.83. The Morgan fingerprint density at radius 1 is 1.57 bits per heavy atom. The average Bonchev–Trinajstić information content (AvgIpc) is 1.61. The van der Waals surface area contributed by atoms with Gasteiger partial charge in [0, 0.05) is 5.75 Å². The van der Waals surface area contributed by atoms with Crippen LogP contribution in [0.2, 0.25) is 0 Å². The lowest BCUT2D eigenvalue weighted by molar-refractivity contribution is 1.57. The minimum absolute atomic E-state index is 0.382. The van der Waals surface area contributed by atoms with Crippen LogP contribution in [0.25, 0.3) is 0 Å². The lowest BCUT2D eigenvalue weighted by Crippen LogP contribution is -1.74. The Kier molecular flexibility index (Phi) is 5.28. The molecule has 0 aliphatic rings. The summed E-state index contributed by atoms with van der Waals surface area (Å²) in [6.45, 7) is 0. The van der Waals surface area contributed by atoms with Crippen LogP contribution < -0.4 is 0 Å². The van der Waals surface area contributed by atoms with Crippen LogP contribution in [0.15, 0.2) is 12.2 Å². The van der Waals surface area contributed by atoms with Gasteiger partial charge in [0.15, 0.2) is 0 Å². The monoisotopic (exact) mass is 156 g/mol. The number of hydrogen-bond donors (Lipinski definition) is 1. The lowest BCUT2D eigenvalue weighted by atomic mass is 10.6. The molecule has 0 radical (unpaired) electrons. The second kappa shape index (κ2) is 4.82. The van der Waals surface area contributed by atoms with Crippen molar-refractivity contribution in [1.29, 1.82) is 0 Å². The minimum atomic E-state index is -0.382. The molecule has 0 aromatic heterocycles. The SMILES string of the molecule is SC/C=C/C(Cl)Cl. The molecule has 0 spiro atoms. The Morgan fingerprint density at radius 2 is 2.14 bits per heavy atom. The maximum absolute atomic E-state index is 5.30. The minimum Gasteiger partial charge on any atom is -0.175 e. The first-order chi connectivity index (χ1) is 3.27. The quantitative estimate of drug-likeness (QED) is 0.354. The average molecular weight is 157 g/mol. The Hall–Kier alpha value is 0.670. The molecule has 0 N–H and O–H groups in total. The highest BCUT2D eigenvalue weighted by Crippen LogP contribution is 2.01. The Balaban J connectivity index is 3.08. The molecule has 0 bridgehead atoms. The molecule has 0 aliphatic heterocycles. The first kappa shape index (κ1) is 7.67. The van der Waals surface area contributed by atoms with Gasteiger partial charge in [-0.1, -0.05) is 12.2 Å². The van der Waals surface area contributed by atoms with E-state index < -0.39 is 0 Å². The number of rotatable bonds is 2. The van der Waals surface area contributed by atoms with Gasteiger partial charge in [-0.3, -0.25) is 0 Å². The molecule has 0 amide bonds. The number of allylic oxidation sites excluding steroid dienone is 1. The predicted molar refractivity (Wildman–Crippen MR) is 38.5 cm³/mol. The van der Waals surface area contributed by atoms with Gasteiger partial charge >= 0.3 is 0 Å². The molecule has 0 saturated carbocycles. The third-order valence-electron chi connectivity index (χ3n) is 0.387. The zero-order valence-electron chi connectivity index (χ0n) is 3.64. The summed E-state index contributed by atoms with van der Waals surface area (Å²) in [6, 6.07) is 0. The molecular formula is C4H6Cl2S. The fourth-order valence-electron chi connectivity index (χ4n) is 0.164. The van der Waals surface area contributed by atoms with Crippen molar-refractivity contribution in [2.45, 2.75) is 4.84 Å². The standard InChI is InChI=1S/C4H6Cl2S/c5-4(6)2-1-3-7/h1-2,4,7H,3H2/b2-1+. The van der Waals surface area contributed by atoms with Gasteiger partial charge in [0.05, 0.1) is 0 Å². The molecule has 0 unspecified atom stereocenters. The van der Waals surface area contributed by atoms with E-state index in [9.17, 15) is 0 Å². The van der Waals surface area contributed by atoms with E-state index in [0.717, 1.165) is 0 Å². The van der Waals surface area contributed by atoms with Crippen molar-refractivity contribution in [2.75, 3.05) is 5.75 Å². The fraction of sp³-hybridized carbons (Fsp3) is 0.500. The fourth-order valence-corrected chi connectivity index (χ4v) is 0.491. The van der Waals surface area contributed by atoms with Gasteiger partial charge in [-0.15, -0.1) is 23.2 Å². The topological polar surface area (TPSA) is 0 Å². The summed E-state index contributed by atoms with van der Waals surface area (Å²) in [5, 5.41) is 0. The molecule has 0 aliphatic carbocycles. The zero-order chi connectivity index (χ0) is 5.70. The number of hydrogen-bond acceptors (Lipinski definition) is 1. The van der Waals surface area contributed by atoms with Gasteiger partial charge in [0.2, 0.25) is 0 Å². The highest BCUT2D eigenvalue weighted by Gasteiger charge is 1.84. The van der Waals surface area contributed by atoms with Crippen LogP contribution in [0.5, 0.6) is 0 Å². The van der Waals surface area contributed by atoms with E-state index in [2.05, 4.69) is 12.6 Å². The third kappa shape index (κ3) is 6.67. The van der Waals surface area contributed by atoms with Crippen LogP contribution in [-0.4, -0.2) is 10.6 Å². The molecule has 3 heteroatoms. The molecule has 0 aromatic rings. The largest absolute Gasteiger partial charge is 0.175 e. The van der Waals surface area contributed by atoms with Crippen LogP contribution in [0.3, 0.4) is 0 Å². The molecule has 0 atom stereocenters. The highest BCUT2D eigenvalue weighted by molar-refractivity contribution is 7.80. The van der Waals surface area contributed by atoms with Gasteiger partial charge in [-0.2, -0.15) is 12.6 Å². The third-order valence-corrected chi connectivity index (χ3v) is 0.889. The second-order valence-electron chi connectivity index (χ2n) is 0.945. The van der Waals surface area contributed by atoms with Crippen molar-refractivity contribution in [3.05, 3.63) is 12.2 Å². The van der Waals surface area contributed by atoms with E-state index in [4.69, 9.17) is 23.2 Å². The molecular weight excluding hydrogens is 151 g/mol. The van der Waals surface area contributed by atoms with Crippen LogP contribution >= 0.6 is 35.8 Å². The van der Waals surface area contributed by atoms with Crippen molar-refractivity contribution in [3.8, 4) is 0 Å². The summed E-state index contributed by atoms with van der Waals surface area (Å²) in [7, 11) is 0. The van der Waals surface area contributed by atoms with Crippen LogP contribution in [-0.2, 0) is 0 Å². The summed E-state index contributed by atoms with van der Waals surface area (Å²) < 4.78 is 0. The number of alkyl halides is 2. The van der Waals surface area contributed by atoms with Gasteiger partial charge in [0.1, 0.15) is 4.84 Å². The van der Waals surface area contributed by atoms with Gasteiger partial charge in [0.25, 0.3) is 0 Å². The molecule has 7 heavy (non-hydrogen) atoms. The second-order valence-corrected chi connectivity index (χ2v) is 2.47. The zero-order valence-corrected chi connectivity index (χ0v) is 6.05. The summed E-state index contributed by atoms with van der Waals surface area (Å²) >= 11 is 14.5. The van der Waals surface area contributed by atoms with Crippen molar-refractivity contribution < 1.29 is 0 Å². The Morgan fingerprint density at radius 3 is 2.29 bits per heavy atom. The lowest BCUT2D eigenvalue weighted by Gasteiger charge is -1.83. The molecule has 0 heterocycles. The van der Waals surface area contributed by atoms with E-state index in [0.29, 0.717) is 5.75 Å². The van der Waals surface area contributed by atoms with E-state index in [-0.39, 0.29) is 4.84 Å². The summed E-state index contributed by atoms with van der Waals surface area (Å²) in [4.78, 5) is -0.382. The van der Waals surface area contributed by atoms with E-state index in [1.54, 1.807) is 12.2 Å². The number of thiol groups is 1. The normalized spacial score (nSPS) is 11.4. The van der Waals surface area contributed by atoms with E-state index >= 15 is 0 Å². The summed E-state index contributed by atoms with van der Waals surface area (Å²) in [6.07, 6.45) is 3.48. The Labute approximate surface area is 58.9 Å². The molecule has 0 rings (SSSR count). The predicted octanol–water partition coefficient (Wildman–Crippen LogP) is 2.28. The van der Waals surface area contributed by atoms with Crippen LogP contribution in [0.4, 0.5) is 0 Å². The number of halogens is 2. The smallest absolute Gasteiger partial charge is 0.125 e. The van der Waals surface area contributed by atoms with Crippen molar-refractivity contribution in [3.63, 3.8) is 0 Å². The van der Waals surface area contributed by atoms with Crippen LogP contribution in [0, 0.1) is 0 Å². The molecule has 0 aromatic carbocycles. The van der Waals surface area contributed by atoms with Gasteiger partial charge in [-0.05, 0) is 0 Å². The van der Waals surface area contributed by atoms with Crippen LogP contribution in [0.1, 0.15) is 0 Å². The maximum atomic E-state index is 5.30. The maximum Gasteiger partial charge on any atom is 0.125 e. The highest BCUT2D eigenvalue weighted by atomic mass is 35.5. The molecule has 0 saturated heterocycles. The van der Waals surface area contributed by atoms with Crippen molar-refractivity contribution in [2.24, 2.45) is 0 Å². The molecule has 42 valence electrons. The molecule has 0 fully saturated rings. The summed E-state index contributed by atoms with van der Waals surface area (Å²) in [5.41, 5.74) is 0. The Bertz CT molecular complexity index is 60.7. The van der Waals surface area contributed by atoms with Gasteiger partial charge < -0.3 is 0 Å². The van der Waals surface area contributed by atoms with E-state index in [1.807, 2.05) is 0 Å². The van der Waals surface area contributed by atoms with E-state index in [1.165, 1.54) is 0 Å². The first-order valence-corrected chi connectivity index (χ1v) is 3.33. The summed E-state index contributed by atoms with van der Waals surface area (Å²) in [5.74, 6) is 0.690.